The second-order valence-corrected chi connectivity index (χ2v) is 12.6. The molecule has 1 aliphatic heterocycles. The third-order valence-corrected chi connectivity index (χ3v) is 11.5. The lowest BCUT2D eigenvalue weighted by Crippen LogP contribution is -2.55. The van der Waals surface area contributed by atoms with Gasteiger partial charge in [-0.25, -0.2) is 0 Å². The zero-order chi connectivity index (χ0) is 18.3. The van der Waals surface area contributed by atoms with Crippen molar-refractivity contribution in [3.63, 3.8) is 0 Å². The number of benzene rings is 1. The van der Waals surface area contributed by atoms with Gasteiger partial charge in [0.1, 0.15) is 0 Å². The summed E-state index contributed by atoms with van der Waals surface area (Å²) in [6, 6.07) is 8.98. The molecule has 7 atom stereocenters. The quantitative estimate of drug-likeness (QED) is 0.505. The lowest BCUT2D eigenvalue weighted by molar-refractivity contribution is -0.106. The van der Waals surface area contributed by atoms with Crippen molar-refractivity contribution in [3.05, 3.63) is 24.3 Å². The van der Waals surface area contributed by atoms with Crippen LogP contribution in [0.2, 0.25) is 0 Å². The first-order valence-electron chi connectivity index (χ1n) is 11.6. The van der Waals surface area contributed by atoms with Crippen molar-refractivity contribution in [3.8, 4) is 0 Å². The van der Waals surface area contributed by atoms with Gasteiger partial charge in [-0.3, -0.25) is 0 Å². The summed E-state index contributed by atoms with van der Waals surface area (Å²) in [4.78, 5) is 1.77. The molecule has 0 saturated heterocycles. The van der Waals surface area contributed by atoms with Gasteiger partial charge in [0.25, 0.3) is 0 Å². The van der Waals surface area contributed by atoms with Crippen LogP contribution >= 0.6 is 11.8 Å². The van der Waals surface area contributed by atoms with Crippen LogP contribution in [0.4, 0.5) is 5.69 Å². The molecule has 1 nitrogen and oxygen atoms in total. The summed E-state index contributed by atoms with van der Waals surface area (Å²) >= 11 is 2.15. The minimum Gasteiger partial charge on any atom is -0.369 e. The molecule has 0 aromatic heterocycles. The Kier molecular flexibility index (Phi) is 3.65. The molecule has 1 aromatic carbocycles. The van der Waals surface area contributed by atoms with E-state index in [1.807, 2.05) is 0 Å². The lowest BCUT2D eigenvalue weighted by Gasteiger charge is -2.61. The maximum Gasteiger partial charge on any atom is 0.0883 e. The maximum absolute atomic E-state index is 3.98. The largest absolute Gasteiger partial charge is 0.369 e. The van der Waals surface area contributed by atoms with Crippen molar-refractivity contribution in [2.75, 3.05) is 5.32 Å². The number of hydrogen-bond donors (Lipinski definition) is 1. The van der Waals surface area contributed by atoms with E-state index >= 15 is 0 Å². The Labute approximate surface area is 169 Å². The first-order valence-corrected chi connectivity index (χ1v) is 12.4. The topological polar surface area (TPSA) is 12.0 Å². The van der Waals surface area contributed by atoms with E-state index in [-0.39, 0.29) is 4.87 Å². The Hall–Kier alpha value is -0.630. The fourth-order valence-corrected chi connectivity index (χ4v) is 10.0. The predicted molar refractivity (Wildman–Crippen MR) is 115 cm³/mol. The number of hydrogen-bond acceptors (Lipinski definition) is 2. The van der Waals surface area contributed by atoms with Crippen LogP contribution in [0.3, 0.4) is 0 Å². The molecule has 4 aliphatic carbocycles. The standard InChI is InChI=1S/C25H35NS/c1-23-12-5-6-19(23)18-10-9-17-16-25(15-14-24(17,2)20(18)11-13-23)26-21-7-3-4-8-22(21)27-25/h3-4,7-8,17-20,26H,5-6,9-16H2,1-2H3/t17-,18-,19-,20-,23-,24-,25?/m0/s1. The van der Waals surface area contributed by atoms with E-state index in [0.29, 0.717) is 10.8 Å². The third-order valence-electron chi connectivity index (χ3n) is 10.0. The molecule has 2 heteroatoms. The molecule has 0 bridgehead atoms. The smallest absolute Gasteiger partial charge is 0.0883 e. The number of fused-ring (bicyclic) bond motifs is 6. The molecule has 1 heterocycles. The molecule has 146 valence electrons. The van der Waals surface area contributed by atoms with Crippen LogP contribution in [0, 0.1) is 34.5 Å². The van der Waals surface area contributed by atoms with E-state index in [4.69, 9.17) is 0 Å². The molecule has 1 unspecified atom stereocenters. The summed E-state index contributed by atoms with van der Waals surface area (Å²) in [6.45, 7) is 5.35. The third kappa shape index (κ3) is 2.38. The van der Waals surface area contributed by atoms with Crippen LogP contribution in [0.1, 0.15) is 78.1 Å². The normalized spacial score (nSPS) is 50.4. The second kappa shape index (κ2) is 5.71. The van der Waals surface area contributed by atoms with E-state index < -0.39 is 0 Å². The van der Waals surface area contributed by atoms with Gasteiger partial charge in [0, 0.05) is 10.6 Å². The van der Waals surface area contributed by atoms with Crippen LogP contribution in [-0.4, -0.2) is 4.87 Å². The van der Waals surface area contributed by atoms with Crippen LogP contribution in [0.5, 0.6) is 0 Å². The zero-order valence-corrected chi connectivity index (χ0v) is 17.9. The zero-order valence-electron chi connectivity index (χ0n) is 17.1. The van der Waals surface area contributed by atoms with Crippen LogP contribution < -0.4 is 5.32 Å². The van der Waals surface area contributed by atoms with E-state index in [2.05, 4.69) is 55.2 Å². The van der Waals surface area contributed by atoms with Gasteiger partial charge in [0.15, 0.2) is 0 Å². The Morgan fingerprint density at radius 3 is 2.70 bits per heavy atom. The second-order valence-electron chi connectivity index (χ2n) is 11.2. The Morgan fingerprint density at radius 1 is 0.926 bits per heavy atom. The number of thioether (sulfide) groups is 1. The molecule has 1 spiro atoms. The first kappa shape index (κ1) is 17.2. The SMILES string of the molecule is C[C@@]12CCC[C@H]1[C@@H]1CC[C@H]3CC4(CC[C@]3(C)[C@H]1CC2)Nc1ccccc1S4. The van der Waals surface area contributed by atoms with Crippen molar-refractivity contribution < 1.29 is 0 Å². The first-order chi connectivity index (χ1) is 13.0. The molecule has 27 heavy (non-hydrogen) atoms. The molecule has 0 radical (unpaired) electrons. The van der Waals surface area contributed by atoms with E-state index in [1.54, 1.807) is 0 Å². The van der Waals surface area contributed by atoms with Crippen molar-refractivity contribution >= 4 is 17.4 Å². The summed E-state index contributed by atoms with van der Waals surface area (Å²) < 4.78 is 0. The number of para-hydroxylation sites is 1. The summed E-state index contributed by atoms with van der Waals surface area (Å²) in [7, 11) is 0. The van der Waals surface area contributed by atoms with E-state index in [9.17, 15) is 0 Å². The summed E-state index contributed by atoms with van der Waals surface area (Å²) in [5.41, 5.74) is 2.69. The minimum atomic E-state index is 0.289. The average molecular weight is 382 g/mol. The summed E-state index contributed by atoms with van der Waals surface area (Å²) in [5.74, 6) is 4.03. The average Bonchev–Trinajstić information content (AvgIpc) is 3.22. The summed E-state index contributed by atoms with van der Waals surface area (Å²) in [6.07, 6.45) is 14.8. The number of nitrogens with one attached hydrogen (secondary N) is 1. The molecule has 1 aromatic rings. The maximum atomic E-state index is 3.98. The molecular formula is C25H35NS. The molecular weight excluding hydrogens is 346 g/mol. The Balaban J connectivity index is 1.26. The fourth-order valence-electron chi connectivity index (χ4n) is 8.57. The Morgan fingerprint density at radius 2 is 1.81 bits per heavy atom. The van der Waals surface area contributed by atoms with Gasteiger partial charge in [0.05, 0.1) is 4.87 Å². The monoisotopic (exact) mass is 381 g/mol. The van der Waals surface area contributed by atoms with Crippen LogP contribution in [0.15, 0.2) is 29.2 Å². The minimum absolute atomic E-state index is 0.289. The summed E-state index contributed by atoms with van der Waals surface area (Å²) in [5, 5.41) is 3.98. The lowest BCUT2D eigenvalue weighted by atomic mass is 9.45. The van der Waals surface area contributed by atoms with E-state index in [1.165, 1.54) is 74.8 Å². The molecule has 4 saturated carbocycles. The molecule has 6 rings (SSSR count). The van der Waals surface area contributed by atoms with Gasteiger partial charge in [0.2, 0.25) is 0 Å². The number of anilines is 1. The highest BCUT2D eigenvalue weighted by atomic mass is 32.2. The van der Waals surface area contributed by atoms with Gasteiger partial charge in [-0.05, 0) is 104 Å². The molecule has 1 N–H and O–H groups in total. The number of rotatable bonds is 0. The Bertz CT molecular complexity index is 733. The molecule has 0 amide bonds. The predicted octanol–water partition coefficient (Wildman–Crippen LogP) is 7.33. The molecule has 5 aliphatic rings. The molecule has 4 fully saturated rings. The van der Waals surface area contributed by atoms with Gasteiger partial charge in [-0.1, -0.05) is 44.2 Å². The van der Waals surface area contributed by atoms with Crippen molar-refractivity contribution in [1.82, 2.24) is 0 Å². The van der Waals surface area contributed by atoms with Crippen molar-refractivity contribution in [2.24, 2.45) is 34.5 Å². The van der Waals surface area contributed by atoms with Gasteiger partial charge >= 0.3 is 0 Å². The van der Waals surface area contributed by atoms with Crippen molar-refractivity contribution in [2.45, 2.75) is 87.8 Å². The highest BCUT2D eigenvalue weighted by Crippen LogP contribution is 2.68. The van der Waals surface area contributed by atoms with Crippen molar-refractivity contribution in [1.29, 1.82) is 0 Å². The highest BCUT2D eigenvalue weighted by molar-refractivity contribution is 8.01. The van der Waals surface area contributed by atoms with Crippen LogP contribution in [-0.2, 0) is 0 Å². The van der Waals surface area contributed by atoms with E-state index in [0.717, 1.165) is 23.7 Å². The van der Waals surface area contributed by atoms with Gasteiger partial charge < -0.3 is 5.32 Å². The van der Waals surface area contributed by atoms with Gasteiger partial charge in [-0.15, -0.1) is 0 Å². The van der Waals surface area contributed by atoms with Gasteiger partial charge in [-0.2, -0.15) is 0 Å². The highest BCUT2D eigenvalue weighted by Gasteiger charge is 2.60. The fraction of sp³-hybridized carbons (Fsp3) is 0.760. The van der Waals surface area contributed by atoms with Crippen LogP contribution in [0.25, 0.3) is 0 Å².